The van der Waals surface area contributed by atoms with Gasteiger partial charge in [0.2, 0.25) is 0 Å². The molecule has 212 valence electrons. The summed E-state index contributed by atoms with van der Waals surface area (Å²) in [6.07, 6.45) is 0.883. The molecule has 3 aliphatic rings. The van der Waals surface area contributed by atoms with Crippen molar-refractivity contribution in [3.8, 4) is 17.0 Å². The Morgan fingerprint density at radius 1 is 1.02 bits per heavy atom. The van der Waals surface area contributed by atoms with Crippen LogP contribution >= 0.6 is 0 Å². The number of nitrogens with zero attached hydrogens (tertiary/aromatic N) is 2. The SMILES string of the molecule is CCOC(=O)c1ccc(N2[C@@H]3CC[C@H]2CC(OCc2c(-c4ccccc4OC(F)(F)F)noc2C2CC2)C3)cc1. The topological polar surface area (TPSA) is 74.0 Å². The maximum Gasteiger partial charge on any atom is 0.573 e. The van der Waals surface area contributed by atoms with Crippen molar-refractivity contribution < 1.29 is 36.7 Å². The third-order valence-electron chi connectivity index (χ3n) is 7.96. The van der Waals surface area contributed by atoms with Gasteiger partial charge in [0, 0.05) is 34.8 Å². The first-order chi connectivity index (χ1) is 19.3. The van der Waals surface area contributed by atoms with Gasteiger partial charge in [-0.3, -0.25) is 0 Å². The van der Waals surface area contributed by atoms with Gasteiger partial charge >= 0.3 is 12.3 Å². The van der Waals surface area contributed by atoms with E-state index in [0.29, 0.717) is 41.3 Å². The summed E-state index contributed by atoms with van der Waals surface area (Å²) in [4.78, 5) is 14.5. The van der Waals surface area contributed by atoms with E-state index in [1.165, 1.54) is 12.1 Å². The molecule has 10 heteroatoms. The molecule has 0 spiro atoms. The van der Waals surface area contributed by atoms with Crippen molar-refractivity contribution in [2.24, 2.45) is 0 Å². The highest BCUT2D eigenvalue weighted by atomic mass is 19.4. The number of piperidine rings is 1. The van der Waals surface area contributed by atoms with Crippen LogP contribution in [-0.4, -0.2) is 42.3 Å². The molecule has 0 radical (unpaired) electrons. The maximum absolute atomic E-state index is 13.1. The van der Waals surface area contributed by atoms with Gasteiger partial charge in [-0.15, -0.1) is 13.2 Å². The molecule has 3 atom stereocenters. The van der Waals surface area contributed by atoms with Gasteiger partial charge in [0.25, 0.3) is 0 Å². The average molecular weight is 557 g/mol. The molecular formula is C30H31F3N2O5. The zero-order chi connectivity index (χ0) is 27.9. The number of para-hydroxylation sites is 1. The molecule has 3 heterocycles. The number of esters is 1. The smallest absolute Gasteiger partial charge is 0.462 e. The highest BCUT2D eigenvalue weighted by molar-refractivity contribution is 5.89. The van der Waals surface area contributed by atoms with E-state index >= 15 is 0 Å². The minimum atomic E-state index is -4.82. The number of alkyl halides is 3. The fraction of sp³-hybridized carbons (Fsp3) is 0.467. The Kier molecular flexibility index (Phi) is 7.20. The lowest BCUT2D eigenvalue weighted by Gasteiger charge is -2.40. The Labute approximate surface area is 230 Å². The quantitative estimate of drug-likeness (QED) is 0.263. The van der Waals surface area contributed by atoms with Crippen LogP contribution in [0, 0.1) is 0 Å². The van der Waals surface area contributed by atoms with Crippen LogP contribution in [0.5, 0.6) is 5.75 Å². The number of benzene rings is 2. The van der Waals surface area contributed by atoms with E-state index < -0.39 is 6.36 Å². The fourth-order valence-electron chi connectivity index (χ4n) is 6.09. The van der Waals surface area contributed by atoms with Crippen LogP contribution in [0.25, 0.3) is 11.3 Å². The van der Waals surface area contributed by atoms with E-state index in [1.807, 2.05) is 24.3 Å². The molecule has 40 heavy (non-hydrogen) atoms. The second kappa shape index (κ2) is 10.8. The van der Waals surface area contributed by atoms with Gasteiger partial charge in [0.05, 0.1) is 24.9 Å². The van der Waals surface area contributed by atoms with Crippen LogP contribution in [0.15, 0.2) is 53.1 Å². The molecule has 1 saturated carbocycles. The van der Waals surface area contributed by atoms with Gasteiger partial charge in [-0.25, -0.2) is 4.79 Å². The van der Waals surface area contributed by atoms with E-state index in [1.54, 1.807) is 19.1 Å². The first-order valence-corrected chi connectivity index (χ1v) is 13.8. The molecule has 3 fully saturated rings. The monoisotopic (exact) mass is 556 g/mol. The number of ether oxygens (including phenoxy) is 3. The van der Waals surface area contributed by atoms with E-state index in [4.69, 9.17) is 14.0 Å². The summed E-state index contributed by atoms with van der Waals surface area (Å²) in [5, 5.41) is 4.18. The lowest BCUT2D eigenvalue weighted by atomic mass is 9.98. The van der Waals surface area contributed by atoms with Gasteiger partial charge in [-0.05, 0) is 81.8 Å². The number of carbonyl (C=O) groups is 1. The zero-order valence-corrected chi connectivity index (χ0v) is 22.2. The Bertz CT molecular complexity index is 1340. The largest absolute Gasteiger partial charge is 0.573 e. The molecule has 2 bridgehead atoms. The summed E-state index contributed by atoms with van der Waals surface area (Å²) in [7, 11) is 0. The Hall–Kier alpha value is -3.53. The highest BCUT2D eigenvalue weighted by Gasteiger charge is 2.42. The molecule has 7 nitrogen and oxygen atoms in total. The van der Waals surface area contributed by atoms with Crippen molar-refractivity contribution in [2.45, 2.75) is 82.5 Å². The van der Waals surface area contributed by atoms with Crippen LogP contribution in [-0.2, 0) is 16.1 Å². The average Bonchev–Trinajstić information content (AvgIpc) is 3.63. The van der Waals surface area contributed by atoms with Crippen molar-refractivity contribution >= 4 is 11.7 Å². The van der Waals surface area contributed by atoms with Crippen molar-refractivity contribution in [1.82, 2.24) is 5.16 Å². The third kappa shape index (κ3) is 5.54. The molecule has 0 N–H and O–H groups in total. The van der Waals surface area contributed by atoms with Crippen LogP contribution < -0.4 is 9.64 Å². The molecule has 6 rings (SSSR count). The standard InChI is InChI=1S/C30H31F3N2O5/c1-2-37-29(36)19-9-11-20(12-10-19)35-21-13-14-22(35)16-23(15-21)38-17-25-27(34-40-28(25)18-7-8-18)24-5-3-4-6-26(24)39-30(31,32)33/h3-6,9-12,18,21-23H,2,7-8,13-17H2,1H3/t21-,22+,23?. The summed E-state index contributed by atoms with van der Waals surface area (Å²) in [6, 6.07) is 14.2. The molecule has 3 aromatic rings. The number of aromatic nitrogens is 1. The van der Waals surface area contributed by atoms with E-state index in [0.717, 1.165) is 44.2 Å². The molecule has 1 aromatic heterocycles. The first kappa shape index (κ1) is 26.7. The van der Waals surface area contributed by atoms with Crippen molar-refractivity contribution in [3.63, 3.8) is 0 Å². The van der Waals surface area contributed by atoms with Gasteiger partial charge in [-0.2, -0.15) is 0 Å². The second-order valence-corrected chi connectivity index (χ2v) is 10.7. The summed E-state index contributed by atoms with van der Waals surface area (Å²) in [5.74, 6) is 0.271. The highest BCUT2D eigenvalue weighted by Crippen LogP contribution is 2.46. The third-order valence-corrected chi connectivity index (χ3v) is 7.96. The Morgan fingerprint density at radius 3 is 2.38 bits per heavy atom. The molecule has 1 unspecified atom stereocenters. The second-order valence-electron chi connectivity index (χ2n) is 10.7. The summed E-state index contributed by atoms with van der Waals surface area (Å²) < 4.78 is 60.7. The maximum atomic E-state index is 13.1. The summed E-state index contributed by atoms with van der Waals surface area (Å²) >= 11 is 0. The minimum absolute atomic E-state index is 0.00373. The van der Waals surface area contributed by atoms with Crippen LogP contribution in [0.3, 0.4) is 0 Å². The molecule has 2 saturated heterocycles. The van der Waals surface area contributed by atoms with E-state index in [9.17, 15) is 18.0 Å². The van der Waals surface area contributed by atoms with Gasteiger partial charge in [0.15, 0.2) is 0 Å². The lowest BCUT2D eigenvalue weighted by molar-refractivity contribution is -0.274. The number of hydrogen-bond acceptors (Lipinski definition) is 7. The van der Waals surface area contributed by atoms with E-state index in [2.05, 4.69) is 14.8 Å². The van der Waals surface area contributed by atoms with Gasteiger partial charge < -0.3 is 23.6 Å². The van der Waals surface area contributed by atoms with Gasteiger partial charge in [-0.1, -0.05) is 17.3 Å². The fourth-order valence-corrected chi connectivity index (χ4v) is 6.09. The minimum Gasteiger partial charge on any atom is -0.462 e. The Morgan fingerprint density at radius 2 is 1.73 bits per heavy atom. The summed E-state index contributed by atoms with van der Waals surface area (Å²) in [5.41, 5.74) is 2.89. The van der Waals surface area contributed by atoms with Crippen molar-refractivity contribution in [1.29, 1.82) is 0 Å². The number of fused-ring (bicyclic) bond motifs is 2. The molecule has 2 aliphatic heterocycles. The van der Waals surface area contributed by atoms with E-state index in [-0.39, 0.29) is 35.9 Å². The number of anilines is 1. The number of rotatable bonds is 9. The zero-order valence-electron chi connectivity index (χ0n) is 22.2. The van der Waals surface area contributed by atoms with Crippen LogP contribution in [0.2, 0.25) is 0 Å². The first-order valence-electron chi connectivity index (χ1n) is 13.8. The molecule has 0 amide bonds. The normalized spacial score (nSPS) is 22.4. The summed E-state index contributed by atoms with van der Waals surface area (Å²) in [6.45, 7) is 2.34. The van der Waals surface area contributed by atoms with Gasteiger partial charge in [0.1, 0.15) is 17.2 Å². The predicted octanol–water partition coefficient (Wildman–Crippen LogP) is 7.01. The molecular weight excluding hydrogens is 525 g/mol. The van der Waals surface area contributed by atoms with Crippen LogP contribution in [0.4, 0.5) is 18.9 Å². The Balaban J connectivity index is 1.17. The predicted molar refractivity (Wildman–Crippen MR) is 140 cm³/mol. The molecule has 1 aliphatic carbocycles. The van der Waals surface area contributed by atoms with Crippen LogP contribution in [0.1, 0.15) is 73.0 Å². The lowest BCUT2D eigenvalue weighted by Crippen LogP contribution is -2.45. The number of halogens is 3. The van der Waals surface area contributed by atoms with Crippen molar-refractivity contribution in [3.05, 3.63) is 65.4 Å². The number of carbonyl (C=O) groups excluding carboxylic acids is 1. The molecule has 2 aromatic carbocycles. The van der Waals surface area contributed by atoms with Crippen molar-refractivity contribution in [2.75, 3.05) is 11.5 Å². The number of hydrogen-bond donors (Lipinski definition) is 0.